The Balaban J connectivity index is 1.86. The largest absolute Gasteiger partial charge is 0.502 e. The van der Waals surface area contributed by atoms with E-state index in [1.54, 1.807) is 23.0 Å². The van der Waals surface area contributed by atoms with Crippen LogP contribution in [0, 0.1) is 13.8 Å². The Bertz CT molecular complexity index is 1080. The molecule has 1 aliphatic rings. The number of phenolic OH excluding ortho intramolecular Hbond substituents is 1. The van der Waals surface area contributed by atoms with Crippen LogP contribution in [-0.2, 0) is 4.79 Å². The van der Waals surface area contributed by atoms with Crippen LogP contribution < -0.4 is 14.8 Å². The predicted octanol–water partition coefficient (Wildman–Crippen LogP) is 3.69. The summed E-state index contributed by atoms with van der Waals surface area (Å²) < 4.78 is 12.3. The zero-order chi connectivity index (χ0) is 20.7. The Hall–Kier alpha value is -3.48. The third kappa shape index (κ3) is 3.08. The molecule has 1 aliphatic heterocycles. The van der Waals surface area contributed by atoms with Gasteiger partial charge in [0, 0.05) is 17.9 Å². The summed E-state index contributed by atoms with van der Waals surface area (Å²) in [5, 5.41) is 17.8. The molecule has 0 saturated heterocycles. The Morgan fingerprint density at radius 3 is 2.52 bits per heavy atom. The number of carbonyl (C=O) groups excluding carboxylic acids is 1. The number of aryl methyl sites for hydroxylation is 1. The number of amides is 1. The molecule has 0 bridgehead atoms. The Morgan fingerprint density at radius 1 is 1.17 bits per heavy atom. The number of anilines is 1. The highest BCUT2D eigenvalue weighted by Crippen LogP contribution is 2.44. The number of hydrogen-bond donors (Lipinski definition) is 2. The molecule has 0 saturated carbocycles. The first-order chi connectivity index (χ1) is 13.9. The molecule has 7 nitrogen and oxygen atoms in total. The maximum absolute atomic E-state index is 12.6. The van der Waals surface area contributed by atoms with E-state index in [2.05, 4.69) is 10.4 Å². The molecule has 0 spiro atoms. The zero-order valence-electron chi connectivity index (χ0n) is 16.8. The van der Waals surface area contributed by atoms with Crippen molar-refractivity contribution in [3.8, 4) is 22.9 Å². The second-order valence-corrected chi connectivity index (χ2v) is 7.16. The van der Waals surface area contributed by atoms with Crippen molar-refractivity contribution in [2.24, 2.45) is 0 Å². The van der Waals surface area contributed by atoms with Gasteiger partial charge in [0.25, 0.3) is 0 Å². The van der Waals surface area contributed by atoms with Gasteiger partial charge in [-0.05, 0) is 48.7 Å². The lowest BCUT2D eigenvalue weighted by atomic mass is 9.87. The maximum atomic E-state index is 12.6. The van der Waals surface area contributed by atoms with Crippen LogP contribution in [0.3, 0.4) is 0 Å². The molecule has 2 N–H and O–H groups in total. The summed E-state index contributed by atoms with van der Waals surface area (Å²) in [5.41, 5.74) is 4.89. The first-order valence-corrected chi connectivity index (χ1v) is 9.33. The molecule has 0 fully saturated rings. The van der Waals surface area contributed by atoms with E-state index in [1.807, 2.05) is 32.0 Å². The summed E-state index contributed by atoms with van der Waals surface area (Å²) in [7, 11) is 2.96. The van der Waals surface area contributed by atoms with Crippen LogP contribution in [0.25, 0.3) is 5.69 Å². The minimum Gasteiger partial charge on any atom is -0.502 e. The molecule has 0 aliphatic carbocycles. The first kappa shape index (κ1) is 18.9. The van der Waals surface area contributed by atoms with Gasteiger partial charge in [0.2, 0.25) is 11.7 Å². The SMILES string of the molecule is COc1cc(C2CC(=O)Nc3c2cnn3-c2cccc(C)c2C)cc(OC)c1O. The number of rotatable bonds is 4. The molecule has 150 valence electrons. The Labute approximate surface area is 168 Å². The van der Waals surface area contributed by atoms with Gasteiger partial charge in [0.15, 0.2) is 11.5 Å². The molecular weight excluding hydrogens is 370 g/mol. The molecule has 7 heteroatoms. The highest BCUT2D eigenvalue weighted by Gasteiger charge is 2.32. The van der Waals surface area contributed by atoms with Gasteiger partial charge in [-0.3, -0.25) is 4.79 Å². The van der Waals surface area contributed by atoms with Gasteiger partial charge < -0.3 is 19.9 Å². The van der Waals surface area contributed by atoms with Gasteiger partial charge in [0.1, 0.15) is 5.82 Å². The smallest absolute Gasteiger partial charge is 0.226 e. The van der Waals surface area contributed by atoms with Crippen molar-refractivity contribution < 1.29 is 19.4 Å². The van der Waals surface area contributed by atoms with Crippen molar-refractivity contribution in [2.75, 3.05) is 19.5 Å². The van der Waals surface area contributed by atoms with Gasteiger partial charge in [-0.15, -0.1) is 0 Å². The fraction of sp³-hybridized carbons (Fsp3) is 0.273. The number of nitrogens with zero attached hydrogens (tertiary/aromatic N) is 2. The zero-order valence-corrected chi connectivity index (χ0v) is 16.8. The lowest BCUT2D eigenvalue weighted by Crippen LogP contribution is -2.24. The van der Waals surface area contributed by atoms with E-state index in [4.69, 9.17) is 9.47 Å². The van der Waals surface area contributed by atoms with Crippen molar-refractivity contribution in [1.29, 1.82) is 0 Å². The maximum Gasteiger partial charge on any atom is 0.226 e. The summed E-state index contributed by atoms with van der Waals surface area (Å²) in [4.78, 5) is 12.6. The number of hydrogen-bond acceptors (Lipinski definition) is 5. The van der Waals surface area contributed by atoms with Crippen LogP contribution in [0.2, 0.25) is 0 Å². The number of ether oxygens (including phenoxy) is 2. The van der Waals surface area contributed by atoms with E-state index < -0.39 is 0 Å². The fourth-order valence-electron chi connectivity index (χ4n) is 3.78. The second kappa shape index (κ2) is 7.16. The van der Waals surface area contributed by atoms with E-state index in [0.29, 0.717) is 17.3 Å². The minimum absolute atomic E-state index is 0.0645. The Morgan fingerprint density at radius 2 is 1.86 bits per heavy atom. The van der Waals surface area contributed by atoms with Crippen molar-refractivity contribution >= 4 is 11.7 Å². The number of fused-ring (bicyclic) bond motifs is 1. The summed E-state index contributed by atoms with van der Waals surface area (Å²) in [6.45, 7) is 4.09. The number of aromatic nitrogens is 2. The number of phenols is 1. The Kier molecular flexibility index (Phi) is 4.66. The topological polar surface area (TPSA) is 85.6 Å². The van der Waals surface area contributed by atoms with Crippen LogP contribution in [0.4, 0.5) is 5.82 Å². The van der Waals surface area contributed by atoms with Crippen LogP contribution in [-0.4, -0.2) is 35.0 Å². The van der Waals surface area contributed by atoms with Gasteiger partial charge in [0.05, 0.1) is 26.1 Å². The molecular formula is C22H23N3O4. The third-order valence-corrected chi connectivity index (χ3v) is 5.53. The molecule has 2 aromatic carbocycles. The number of carbonyl (C=O) groups is 1. The predicted molar refractivity (Wildman–Crippen MR) is 109 cm³/mol. The molecule has 1 amide bonds. The second-order valence-electron chi connectivity index (χ2n) is 7.16. The number of aromatic hydroxyl groups is 1. The number of nitrogens with one attached hydrogen (secondary N) is 1. The van der Waals surface area contributed by atoms with Crippen molar-refractivity contribution in [1.82, 2.24) is 9.78 Å². The molecule has 4 rings (SSSR count). The highest BCUT2D eigenvalue weighted by atomic mass is 16.5. The molecule has 0 radical (unpaired) electrons. The van der Waals surface area contributed by atoms with Crippen LogP contribution in [0.1, 0.15) is 34.6 Å². The first-order valence-electron chi connectivity index (χ1n) is 9.33. The number of benzene rings is 2. The molecule has 3 aromatic rings. The van der Waals surface area contributed by atoms with Gasteiger partial charge in [-0.25, -0.2) is 4.68 Å². The third-order valence-electron chi connectivity index (χ3n) is 5.53. The van der Waals surface area contributed by atoms with Crippen LogP contribution >= 0.6 is 0 Å². The van der Waals surface area contributed by atoms with E-state index in [0.717, 1.165) is 27.9 Å². The van der Waals surface area contributed by atoms with Gasteiger partial charge in [-0.2, -0.15) is 5.10 Å². The van der Waals surface area contributed by atoms with Crippen molar-refractivity contribution in [2.45, 2.75) is 26.2 Å². The van der Waals surface area contributed by atoms with Crippen LogP contribution in [0.15, 0.2) is 36.5 Å². The van der Waals surface area contributed by atoms with Crippen molar-refractivity contribution in [3.63, 3.8) is 0 Å². The van der Waals surface area contributed by atoms with Crippen LogP contribution in [0.5, 0.6) is 17.2 Å². The monoisotopic (exact) mass is 393 g/mol. The number of methoxy groups -OCH3 is 2. The van der Waals surface area contributed by atoms with E-state index >= 15 is 0 Å². The van der Waals surface area contributed by atoms with E-state index in [-0.39, 0.29) is 24.0 Å². The van der Waals surface area contributed by atoms with Crippen molar-refractivity contribution in [3.05, 3.63) is 58.8 Å². The molecule has 1 aromatic heterocycles. The molecule has 2 heterocycles. The summed E-state index contributed by atoms with van der Waals surface area (Å²) in [5.74, 6) is 0.862. The fourth-order valence-corrected chi connectivity index (χ4v) is 3.78. The summed E-state index contributed by atoms with van der Waals surface area (Å²) >= 11 is 0. The summed E-state index contributed by atoms with van der Waals surface area (Å²) in [6.07, 6.45) is 2.05. The average molecular weight is 393 g/mol. The molecule has 1 unspecified atom stereocenters. The average Bonchev–Trinajstić information content (AvgIpc) is 3.13. The lowest BCUT2D eigenvalue weighted by molar-refractivity contribution is -0.116. The normalized spacial score (nSPS) is 15.6. The van der Waals surface area contributed by atoms with E-state index in [1.165, 1.54) is 14.2 Å². The molecule has 1 atom stereocenters. The molecule has 29 heavy (non-hydrogen) atoms. The van der Waals surface area contributed by atoms with Gasteiger partial charge in [-0.1, -0.05) is 12.1 Å². The quantitative estimate of drug-likeness (QED) is 0.706. The standard InChI is InChI=1S/C22H23N3O4/c1-12-6-5-7-17(13(12)2)25-22-16(11-23-25)15(10-20(26)24-22)14-8-18(28-3)21(27)19(9-14)29-4/h5-9,11,15,27H,10H2,1-4H3,(H,24,26). The highest BCUT2D eigenvalue weighted by molar-refractivity contribution is 5.94. The van der Waals surface area contributed by atoms with Gasteiger partial charge >= 0.3 is 0 Å². The summed E-state index contributed by atoms with van der Waals surface area (Å²) in [6, 6.07) is 9.48. The minimum atomic E-state index is -0.235. The van der Waals surface area contributed by atoms with E-state index in [9.17, 15) is 9.90 Å². The lowest BCUT2D eigenvalue weighted by Gasteiger charge is -2.25.